The second-order valence-electron chi connectivity index (χ2n) is 31.4. The molecule has 9 N–H and O–H groups in total. The molecule has 0 aliphatic heterocycles. The molecule has 0 bridgehead atoms. The number of halogens is 3. The van der Waals surface area contributed by atoms with E-state index in [4.69, 9.17) is 4.74 Å². The minimum Gasteiger partial charge on any atom is -0.496 e. The van der Waals surface area contributed by atoms with Gasteiger partial charge in [-0.3, -0.25) is 0 Å². The molecule has 130 heavy (non-hydrogen) atoms. The van der Waals surface area contributed by atoms with E-state index in [0.29, 0.717) is 110 Å². The Kier molecular flexibility index (Phi) is 30.5. The van der Waals surface area contributed by atoms with Gasteiger partial charge in [0.05, 0.1) is 174 Å². The first-order valence-corrected chi connectivity index (χ1v) is 42.2. The summed E-state index contributed by atoms with van der Waals surface area (Å²) < 4.78 is 54.7. The molecule has 16 aromatic rings. The molecule has 33 heteroatoms. The fourth-order valence-corrected chi connectivity index (χ4v) is 14.5. The number of nitrogens with zero attached hydrogens (tertiary/aromatic N) is 20. The van der Waals surface area contributed by atoms with Crippen LogP contribution in [0.4, 0.5) is 36.4 Å². The summed E-state index contributed by atoms with van der Waals surface area (Å²) in [5, 5.41) is 96.8. The Bertz CT molecular complexity index is 6600. The fraction of sp³-hybridized carbons (Fsp3) is 0.258. The molecule has 0 amide bonds. The number of methoxy groups -OCH3 is 1. The molecule has 0 aliphatic carbocycles. The number of hydrogen-bond donors (Lipinski definition) is 9. The zero-order chi connectivity index (χ0) is 92.4. The summed E-state index contributed by atoms with van der Waals surface area (Å²) in [6, 6.07) is 46.8. The number of aryl methyl sites for hydroxylation is 10. The number of ether oxygens (including phenoxy) is 1. The molecule has 0 unspecified atom stereocenters. The first kappa shape index (κ1) is 92.9. The average molecular weight is 1760 g/mol. The van der Waals surface area contributed by atoms with Gasteiger partial charge in [-0.1, -0.05) is 79.2 Å². The van der Waals surface area contributed by atoms with Crippen molar-refractivity contribution in [1.82, 2.24) is 98.9 Å². The van der Waals surface area contributed by atoms with Crippen molar-refractivity contribution < 1.29 is 43.4 Å². The Morgan fingerprint density at radius 1 is 0.354 bits per heavy atom. The van der Waals surface area contributed by atoms with Crippen molar-refractivity contribution in [3.05, 3.63) is 326 Å². The van der Waals surface area contributed by atoms with Crippen LogP contribution in [-0.2, 0) is 26.4 Å². The van der Waals surface area contributed by atoms with Crippen LogP contribution >= 0.6 is 0 Å². The lowest BCUT2D eigenvalue weighted by Crippen LogP contribution is -2.15. The molecule has 668 valence electrons. The molecule has 0 spiro atoms. The predicted molar refractivity (Wildman–Crippen MR) is 492 cm³/mol. The van der Waals surface area contributed by atoms with Crippen molar-refractivity contribution in [2.24, 2.45) is 0 Å². The van der Waals surface area contributed by atoms with Crippen LogP contribution in [0.15, 0.2) is 208 Å². The quantitative estimate of drug-likeness (QED) is 0.0220. The number of nitrogens with one attached hydrogen (secondary N) is 4. The third-order valence-corrected chi connectivity index (χ3v) is 21.6. The van der Waals surface area contributed by atoms with Gasteiger partial charge in [-0.15, -0.1) is 40.8 Å². The molecule has 0 aliphatic rings. The number of anilines is 4. The summed E-state index contributed by atoms with van der Waals surface area (Å²) in [7, 11) is 1.68. The van der Waals surface area contributed by atoms with Crippen molar-refractivity contribution in [3.63, 3.8) is 0 Å². The predicted octanol–water partition coefficient (Wildman–Crippen LogP) is 16.8. The summed E-state index contributed by atoms with van der Waals surface area (Å²) in [5.74, 6) is 1.22. The van der Waals surface area contributed by atoms with Crippen LogP contribution in [0.5, 0.6) is 5.75 Å². The van der Waals surface area contributed by atoms with Gasteiger partial charge in [0.25, 0.3) is 0 Å². The Morgan fingerprint density at radius 2 is 0.700 bits per heavy atom. The first-order chi connectivity index (χ1) is 62.7. The lowest BCUT2D eigenvalue weighted by Gasteiger charge is -2.20. The standard InChI is InChI=1S/2C25H28N6O2.C24H25FN6O.C23H22F2N6O/c1-15-6-7-19(24(10-15)33-5)18(4)27-25-16(2)11-21(29-30-25)20-8-9-23(22(13-32)28-20)31-12-17(3)26-14-31;1-16-4-6-19(7-5-16)20(10-11-32)28-25-17(2)12-22(29-30-25)21-8-9-24(23(14-33)27-21)31-13-18(3)26-15-31;1-4-19(17-7-5-6-8-18(17)25)28-24-15(2)11-21(29-30-24)20-9-10-23(22(13-32)27-20)31-12-16(3)26-14-31;1-13-9-19(18-7-8-21(20(11-32)28-18)31-10-14(2)26-12-31)29-30-23(13)27-15(3)16-5-4-6-17(24)22(16)25/h6-12,14,18,32H,13H2,1-5H3,(H,27,30);4-9,12-13,15,20,32-33H,10-11,14H2,1-3H3,(H,28,30);5-12,14,19,32H,4,13H2,1-3H3,(H,28,30);4-10,12,15,32H,11H2,1-3H3,(H,27,30)/t18-;20-;19-;15-/m0000/s1. The number of aliphatic hydroxyl groups is 5. The normalized spacial score (nSPS) is 12.0. The molecular formula is C97H103F3N24O6. The highest BCUT2D eigenvalue weighted by molar-refractivity contribution is 5.65. The van der Waals surface area contributed by atoms with Gasteiger partial charge in [-0.25, -0.2) is 53.0 Å². The molecule has 4 atom stereocenters. The van der Waals surface area contributed by atoms with Gasteiger partial charge < -0.3 is 69.8 Å². The van der Waals surface area contributed by atoms with Crippen LogP contribution in [-0.4, -0.2) is 138 Å². The molecule has 16 rings (SSSR count). The van der Waals surface area contributed by atoms with Crippen LogP contribution in [0.25, 0.3) is 68.3 Å². The second kappa shape index (κ2) is 42.7. The molecule has 0 fully saturated rings. The maximum absolute atomic E-state index is 14.2. The third-order valence-electron chi connectivity index (χ3n) is 21.6. The van der Waals surface area contributed by atoms with E-state index in [2.05, 4.69) is 145 Å². The SMILES string of the molecule is CC[C@H](Nc1nnc(-c2ccc(-n3cnc(C)c3)c(CO)n2)cc1C)c1ccccc1F.COc1cc(C)ccc1[C@H](C)Nc1nnc(-c2ccc(-n3cnc(C)c3)c(CO)n2)cc1C.Cc1ccc([C@H](CCO)Nc2nnc(-c3ccc(-n4cnc(C)c4)c(CO)n3)cc2C)cc1.Cc1cn(-c2ccc(-c3cc(C)c(N[C@@H](C)c4cccc(F)c4F)nn3)nc2CO)cn1. The number of hydrogen-bond acceptors (Lipinski definition) is 26. The molecule has 0 radical (unpaired) electrons. The number of pyridine rings is 4. The van der Waals surface area contributed by atoms with E-state index in [1.807, 2.05) is 187 Å². The summed E-state index contributed by atoms with van der Waals surface area (Å²) >= 11 is 0. The lowest BCUT2D eigenvalue weighted by atomic mass is 10.0. The van der Waals surface area contributed by atoms with Crippen LogP contribution in [0.1, 0.15) is 159 Å². The third kappa shape index (κ3) is 22.4. The number of rotatable bonds is 28. The smallest absolute Gasteiger partial charge is 0.164 e. The van der Waals surface area contributed by atoms with E-state index in [1.54, 1.807) is 68.2 Å². The van der Waals surface area contributed by atoms with Crippen LogP contribution in [0.2, 0.25) is 0 Å². The van der Waals surface area contributed by atoms with Crippen LogP contribution in [0, 0.1) is 86.7 Å². The summed E-state index contributed by atoms with van der Waals surface area (Å²) in [5.41, 5.74) is 22.2. The monoisotopic (exact) mass is 1760 g/mol. The van der Waals surface area contributed by atoms with Crippen molar-refractivity contribution >= 4 is 23.3 Å². The Balaban J connectivity index is 0.000000148. The number of aliphatic hydroxyl groups excluding tert-OH is 5. The Morgan fingerprint density at radius 3 is 1.04 bits per heavy atom. The van der Waals surface area contributed by atoms with Crippen LogP contribution in [0.3, 0.4) is 0 Å². The molecule has 4 aromatic carbocycles. The lowest BCUT2D eigenvalue weighted by molar-refractivity contribution is 0.276. The molecule has 0 saturated heterocycles. The minimum atomic E-state index is -0.894. The molecular weight excluding hydrogens is 1650 g/mol. The van der Waals surface area contributed by atoms with Gasteiger partial charge in [0, 0.05) is 48.1 Å². The van der Waals surface area contributed by atoms with E-state index < -0.39 is 17.7 Å². The van der Waals surface area contributed by atoms with Gasteiger partial charge in [0.1, 0.15) is 34.3 Å². The van der Waals surface area contributed by atoms with E-state index >= 15 is 0 Å². The minimum absolute atomic E-state index is 0.0172. The average Bonchev–Trinajstić information content (AvgIpc) is 1.12. The molecule has 0 saturated carbocycles. The maximum Gasteiger partial charge on any atom is 0.164 e. The number of imidazole rings is 4. The topological polar surface area (TPSA) is 384 Å². The van der Waals surface area contributed by atoms with Crippen molar-refractivity contribution in [2.45, 2.75) is 153 Å². The van der Waals surface area contributed by atoms with Crippen molar-refractivity contribution in [3.8, 4) is 74.1 Å². The Hall–Kier alpha value is -14.8. The van der Waals surface area contributed by atoms with Gasteiger partial charge in [0.15, 0.2) is 34.9 Å². The van der Waals surface area contributed by atoms with Crippen LogP contribution < -0.4 is 26.0 Å². The maximum atomic E-state index is 14.2. The number of benzene rings is 4. The van der Waals surface area contributed by atoms with E-state index in [0.717, 1.165) is 96.3 Å². The van der Waals surface area contributed by atoms with Gasteiger partial charge in [0.2, 0.25) is 0 Å². The molecule has 12 aromatic heterocycles. The zero-order valence-electron chi connectivity index (χ0n) is 74.6. The highest BCUT2D eigenvalue weighted by Gasteiger charge is 2.24. The molecule has 12 heterocycles. The highest BCUT2D eigenvalue weighted by Crippen LogP contribution is 2.35. The number of aromatic nitrogens is 20. The highest BCUT2D eigenvalue weighted by atomic mass is 19.2. The fourth-order valence-electron chi connectivity index (χ4n) is 14.5. The van der Waals surface area contributed by atoms with Gasteiger partial charge in [-0.2, -0.15) is 0 Å². The first-order valence-electron chi connectivity index (χ1n) is 42.2. The molecule has 30 nitrogen and oxygen atoms in total. The second-order valence-corrected chi connectivity index (χ2v) is 31.4. The van der Waals surface area contributed by atoms with Crippen molar-refractivity contribution in [1.29, 1.82) is 0 Å². The summed E-state index contributed by atoms with van der Waals surface area (Å²) in [4.78, 5) is 35.3. The Labute approximate surface area is 750 Å². The van der Waals surface area contributed by atoms with E-state index in [1.165, 1.54) is 23.8 Å². The largest absolute Gasteiger partial charge is 0.496 e. The summed E-state index contributed by atoms with van der Waals surface area (Å²) in [6.07, 6.45) is 15.5. The zero-order valence-corrected chi connectivity index (χ0v) is 74.6. The van der Waals surface area contributed by atoms with E-state index in [-0.39, 0.29) is 62.5 Å². The van der Waals surface area contributed by atoms with Crippen molar-refractivity contribution in [2.75, 3.05) is 35.0 Å². The van der Waals surface area contributed by atoms with Gasteiger partial charge >= 0.3 is 0 Å². The van der Waals surface area contributed by atoms with E-state index in [9.17, 15) is 38.7 Å². The summed E-state index contributed by atoms with van der Waals surface area (Å²) in [6.45, 7) is 24.4. The van der Waals surface area contributed by atoms with Gasteiger partial charge in [-0.05, 0) is 220 Å².